The predicted octanol–water partition coefficient (Wildman–Crippen LogP) is 2.20. The second-order valence-electron chi connectivity index (χ2n) is 5.29. The second-order valence-corrected chi connectivity index (χ2v) is 5.29. The van der Waals surface area contributed by atoms with Crippen molar-refractivity contribution in [3.63, 3.8) is 0 Å². The number of rotatable bonds is 3. The summed E-state index contributed by atoms with van der Waals surface area (Å²) in [7, 11) is 0. The van der Waals surface area contributed by atoms with Gasteiger partial charge in [-0.1, -0.05) is 12.1 Å². The van der Waals surface area contributed by atoms with Crippen LogP contribution >= 0.6 is 0 Å². The number of nitrogens with zero attached hydrogens (tertiary/aromatic N) is 1. The summed E-state index contributed by atoms with van der Waals surface area (Å²) in [6.45, 7) is 3.58. The number of benzene rings is 1. The zero-order valence-electron chi connectivity index (χ0n) is 12.3. The summed E-state index contributed by atoms with van der Waals surface area (Å²) < 4.78 is 13.7. The minimum atomic E-state index is -0.493. The number of hydrogen-bond acceptors (Lipinski definition) is 2. The van der Waals surface area contributed by atoms with E-state index in [1.807, 2.05) is 6.92 Å². The summed E-state index contributed by atoms with van der Waals surface area (Å²) in [6, 6.07) is 6.03. The standard InChI is InChI=1S/C16H21FN2O2/c1-2-18-15(20)12-6-5-10-19(11-9-12)16(21)13-7-3-4-8-14(13)17/h3-4,7-8,12H,2,5-6,9-11H2,1H3,(H,18,20). The van der Waals surface area contributed by atoms with Gasteiger partial charge in [0.2, 0.25) is 5.91 Å². The molecule has 1 atom stereocenters. The lowest BCUT2D eigenvalue weighted by Crippen LogP contribution is -2.34. The lowest BCUT2D eigenvalue weighted by atomic mass is 10.00. The Morgan fingerprint density at radius 2 is 2.05 bits per heavy atom. The van der Waals surface area contributed by atoms with E-state index in [-0.39, 0.29) is 23.3 Å². The molecule has 1 aromatic rings. The number of carbonyl (C=O) groups is 2. The van der Waals surface area contributed by atoms with Gasteiger partial charge in [0.1, 0.15) is 5.82 Å². The summed E-state index contributed by atoms with van der Waals surface area (Å²) in [5.74, 6) is -0.780. The molecule has 1 aliphatic rings. The van der Waals surface area contributed by atoms with Gasteiger partial charge in [-0.15, -0.1) is 0 Å². The van der Waals surface area contributed by atoms with Crippen molar-refractivity contribution in [1.29, 1.82) is 0 Å². The number of likely N-dealkylation sites (tertiary alicyclic amines) is 1. The van der Waals surface area contributed by atoms with Crippen LogP contribution in [0.15, 0.2) is 24.3 Å². The lowest BCUT2D eigenvalue weighted by Gasteiger charge is -2.21. The minimum Gasteiger partial charge on any atom is -0.356 e. The Balaban J connectivity index is 2.01. The fourth-order valence-electron chi connectivity index (χ4n) is 2.69. The topological polar surface area (TPSA) is 49.4 Å². The SMILES string of the molecule is CCNC(=O)C1CCCN(C(=O)c2ccccc2F)CC1. The molecule has 2 rings (SSSR count). The quantitative estimate of drug-likeness (QED) is 0.928. The third-order valence-corrected chi connectivity index (χ3v) is 3.84. The first-order chi connectivity index (χ1) is 10.1. The van der Waals surface area contributed by atoms with Crippen molar-refractivity contribution >= 4 is 11.8 Å². The van der Waals surface area contributed by atoms with Crippen LogP contribution in [-0.2, 0) is 4.79 Å². The molecule has 1 saturated heterocycles. The molecule has 114 valence electrons. The Hall–Kier alpha value is -1.91. The van der Waals surface area contributed by atoms with Crippen LogP contribution in [0.4, 0.5) is 4.39 Å². The van der Waals surface area contributed by atoms with E-state index in [0.717, 1.165) is 12.8 Å². The van der Waals surface area contributed by atoms with Gasteiger partial charge in [-0.05, 0) is 38.3 Å². The highest BCUT2D eigenvalue weighted by Gasteiger charge is 2.26. The van der Waals surface area contributed by atoms with Crippen LogP contribution in [0.2, 0.25) is 0 Å². The number of carbonyl (C=O) groups excluding carboxylic acids is 2. The third kappa shape index (κ3) is 3.80. The Morgan fingerprint density at radius 3 is 2.76 bits per heavy atom. The first-order valence-corrected chi connectivity index (χ1v) is 7.45. The molecule has 0 spiro atoms. The summed E-state index contributed by atoms with van der Waals surface area (Å²) in [5.41, 5.74) is 0.106. The predicted molar refractivity (Wildman–Crippen MR) is 78.3 cm³/mol. The fourth-order valence-corrected chi connectivity index (χ4v) is 2.69. The van der Waals surface area contributed by atoms with Crippen molar-refractivity contribution in [2.24, 2.45) is 5.92 Å². The molecule has 0 aliphatic carbocycles. The van der Waals surface area contributed by atoms with Gasteiger partial charge in [-0.2, -0.15) is 0 Å². The summed E-state index contributed by atoms with van der Waals surface area (Å²) in [5, 5.41) is 2.83. The van der Waals surface area contributed by atoms with Crippen LogP contribution in [0.1, 0.15) is 36.5 Å². The number of halogens is 1. The minimum absolute atomic E-state index is 0.0524. The first kappa shape index (κ1) is 15.5. The molecule has 21 heavy (non-hydrogen) atoms. The highest BCUT2D eigenvalue weighted by molar-refractivity contribution is 5.94. The Morgan fingerprint density at radius 1 is 1.29 bits per heavy atom. The summed E-state index contributed by atoms with van der Waals surface area (Å²) >= 11 is 0. The van der Waals surface area contributed by atoms with E-state index in [4.69, 9.17) is 0 Å². The zero-order chi connectivity index (χ0) is 15.2. The molecule has 1 heterocycles. The van der Waals surface area contributed by atoms with Crippen LogP contribution in [0.25, 0.3) is 0 Å². The number of hydrogen-bond donors (Lipinski definition) is 1. The van der Waals surface area contributed by atoms with Crippen LogP contribution in [0.5, 0.6) is 0 Å². The first-order valence-electron chi connectivity index (χ1n) is 7.45. The Kier molecular flexibility index (Phi) is 5.31. The van der Waals surface area contributed by atoms with Crippen LogP contribution < -0.4 is 5.32 Å². The Labute approximate surface area is 124 Å². The normalized spacial score (nSPS) is 19.0. The van der Waals surface area contributed by atoms with Crippen molar-refractivity contribution in [1.82, 2.24) is 10.2 Å². The van der Waals surface area contributed by atoms with Crippen molar-refractivity contribution in [2.45, 2.75) is 26.2 Å². The highest BCUT2D eigenvalue weighted by atomic mass is 19.1. The molecule has 0 saturated carbocycles. The van der Waals surface area contributed by atoms with Gasteiger partial charge in [0, 0.05) is 25.6 Å². The van der Waals surface area contributed by atoms with E-state index in [0.29, 0.717) is 26.1 Å². The van der Waals surface area contributed by atoms with Crippen molar-refractivity contribution in [3.8, 4) is 0 Å². The van der Waals surface area contributed by atoms with Gasteiger partial charge in [0.05, 0.1) is 5.56 Å². The van der Waals surface area contributed by atoms with Gasteiger partial charge in [-0.3, -0.25) is 9.59 Å². The monoisotopic (exact) mass is 292 g/mol. The highest BCUT2D eigenvalue weighted by Crippen LogP contribution is 2.20. The van der Waals surface area contributed by atoms with E-state index >= 15 is 0 Å². The molecule has 1 N–H and O–H groups in total. The molecule has 4 nitrogen and oxygen atoms in total. The van der Waals surface area contributed by atoms with Gasteiger partial charge in [-0.25, -0.2) is 4.39 Å². The molecule has 5 heteroatoms. The van der Waals surface area contributed by atoms with Gasteiger partial charge in [0.15, 0.2) is 0 Å². The third-order valence-electron chi connectivity index (χ3n) is 3.84. The van der Waals surface area contributed by atoms with Crippen molar-refractivity contribution < 1.29 is 14.0 Å². The smallest absolute Gasteiger partial charge is 0.256 e. The average Bonchev–Trinajstić information content (AvgIpc) is 2.73. The van der Waals surface area contributed by atoms with Crippen molar-refractivity contribution in [3.05, 3.63) is 35.6 Å². The maximum absolute atomic E-state index is 13.7. The van der Waals surface area contributed by atoms with Crippen LogP contribution in [-0.4, -0.2) is 36.3 Å². The molecule has 1 aromatic carbocycles. The largest absolute Gasteiger partial charge is 0.356 e. The van der Waals surface area contributed by atoms with E-state index in [1.165, 1.54) is 12.1 Å². The summed E-state index contributed by atoms with van der Waals surface area (Å²) in [4.78, 5) is 25.9. The molecular weight excluding hydrogens is 271 g/mol. The van der Waals surface area contributed by atoms with Crippen LogP contribution in [0, 0.1) is 11.7 Å². The zero-order valence-corrected chi connectivity index (χ0v) is 12.3. The molecule has 1 fully saturated rings. The van der Waals surface area contributed by atoms with E-state index in [2.05, 4.69) is 5.32 Å². The van der Waals surface area contributed by atoms with Crippen molar-refractivity contribution in [2.75, 3.05) is 19.6 Å². The van der Waals surface area contributed by atoms with E-state index in [1.54, 1.807) is 17.0 Å². The molecule has 1 aliphatic heterocycles. The molecule has 0 radical (unpaired) electrons. The van der Waals surface area contributed by atoms with Crippen LogP contribution in [0.3, 0.4) is 0 Å². The van der Waals surface area contributed by atoms with E-state index in [9.17, 15) is 14.0 Å². The molecular formula is C16H21FN2O2. The molecule has 0 aromatic heterocycles. The van der Waals surface area contributed by atoms with Gasteiger partial charge < -0.3 is 10.2 Å². The average molecular weight is 292 g/mol. The second kappa shape index (κ2) is 7.20. The summed E-state index contributed by atoms with van der Waals surface area (Å²) in [6.07, 6.45) is 2.17. The molecule has 2 amide bonds. The fraction of sp³-hybridized carbons (Fsp3) is 0.500. The molecule has 1 unspecified atom stereocenters. The number of nitrogens with one attached hydrogen (secondary N) is 1. The maximum atomic E-state index is 13.7. The lowest BCUT2D eigenvalue weighted by molar-refractivity contribution is -0.125. The van der Waals surface area contributed by atoms with E-state index < -0.39 is 5.82 Å². The molecule has 0 bridgehead atoms. The van der Waals surface area contributed by atoms with Gasteiger partial charge >= 0.3 is 0 Å². The Bertz CT molecular complexity index is 519. The van der Waals surface area contributed by atoms with Gasteiger partial charge in [0.25, 0.3) is 5.91 Å². The maximum Gasteiger partial charge on any atom is 0.256 e. The number of amides is 2.